The van der Waals surface area contributed by atoms with Gasteiger partial charge in [0.2, 0.25) is 11.8 Å². The standard InChI is InChI=1S/C26H37N5O4/c1-26(2,3)35-25(34)28-18(12-15-8-5-4-6-9-15)24(33)31-13-19-22-20(14-31)29-30-23(32)16-10-7-11-17(27-19)21(16)22/h4-6,8-9,16-22,27,29H,7,10-14H2,1-3H3,(H,28,34)(H,30,32)/t16?,17?,18-,19?,20?,21?,22?/m0/s1. The van der Waals surface area contributed by atoms with E-state index in [0.717, 1.165) is 24.8 Å². The zero-order valence-electron chi connectivity index (χ0n) is 20.8. The van der Waals surface area contributed by atoms with Gasteiger partial charge >= 0.3 is 6.09 Å². The third-order valence-electron chi connectivity index (χ3n) is 7.90. The second-order valence-electron chi connectivity index (χ2n) is 11.4. The van der Waals surface area contributed by atoms with Crippen LogP contribution in [0.1, 0.15) is 45.6 Å². The van der Waals surface area contributed by atoms with Gasteiger partial charge in [-0.1, -0.05) is 36.8 Å². The van der Waals surface area contributed by atoms with Crippen LogP contribution in [0.25, 0.3) is 0 Å². The van der Waals surface area contributed by atoms with Gasteiger partial charge in [-0.05, 0) is 51.0 Å². The molecule has 0 bridgehead atoms. The van der Waals surface area contributed by atoms with Crippen molar-refractivity contribution in [1.82, 2.24) is 26.4 Å². The molecule has 6 unspecified atom stereocenters. The van der Waals surface area contributed by atoms with E-state index in [-0.39, 0.29) is 29.8 Å². The Bertz CT molecular complexity index is 964. The number of hydrazine groups is 1. The highest BCUT2D eigenvalue weighted by atomic mass is 16.6. The van der Waals surface area contributed by atoms with Gasteiger partial charge in [0.05, 0.1) is 0 Å². The summed E-state index contributed by atoms with van der Waals surface area (Å²) in [5.41, 5.74) is 6.47. The molecule has 3 heterocycles. The monoisotopic (exact) mass is 483 g/mol. The zero-order chi connectivity index (χ0) is 24.7. The molecule has 0 aromatic heterocycles. The van der Waals surface area contributed by atoms with Gasteiger partial charge in [0.1, 0.15) is 11.6 Å². The first-order chi connectivity index (χ1) is 16.7. The van der Waals surface area contributed by atoms with Gasteiger partial charge in [-0.25, -0.2) is 10.2 Å². The summed E-state index contributed by atoms with van der Waals surface area (Å²) in [5.74, 6) is 0.549. The van der Waals surface area contributed by atoms with Crippen LogP contribution >= 0.6 is 0 Å². The Hall–Kier alpha value is -2.65. The van der Waals surface area contributed by atoms with Crippen molar-refractivity contribution in [3.63, 3.8) is 0 Å². The Morgan fingerprint density at radius 2 is 1.83 bits per heavy atom. The van der Waals surface area contributed by atoms with E-state index < -0.39 is 17.7 Å². The van der Waals surface area contributed by atoms with Crippen molar-refractivity contribution < 1.29 is 19.1 Å². The number of piperidine rings is 1. The fraction of sp³-hybridized carbons (Fsp3) is 0.654. The molecule has 190 valence electrons. The molecule has 4 N–H and O–H groups in total. The van der Waals surface area contributed by atoms with Crippen LogP contribution in [0.4, 0.5) is 4.79 Å². The van der Waals surface area contributed by atoms with Gasteiger partial charge in [0.25, 0.3) is 0 Å². The van der Waals surface area contributed by atoms with Crippen molar-refractivity contribution in [2.45, 2.75) is 76.2 Å². The minimum Gasteiger partial charge on any atom is -0.444 e. The first-order valence-electron chi connectivity index (χ1n) is 12.8. The van der Waals surface area contributed by atoms with Crippen LogP contribution in [0.5, 0.6) is 0 Å². The molecule has 7 atom stereocenters. The molecule has 3 amide bonds. The molecule has 4 aliphatic rings. The molecular weight excluding hydrogens is 446 g/mol. The van der Waals surface area contributed by atoms with Crippen LogP contribution in [0.3, 0.4) is 0 Å². The molecule has 1 aliphatic carbocycles. The molecule has 1 saturated carbocycles. The van der Waals surface area contributed by atoms with Crippen molar-refractivity contribution in [2.24, 2.45) is 17.8 Å². The fourth-order valence-corrected chi connectivity index (χ4v) is 6.61. The average molecular weight is 484 g/mol. The van der Waals surface area contributed by atoms with Crippen molar-refractivity contribution in [3.05, 3.63) is 35.9 Å². The number of carbonyl (C=O) groups is 3. The number of carbonyl (C=O) groups excluding carboxylic acids is 3. The first-order valence-corrected chi connectivity index (χ1v) is 12.8. The Morgan fingerprint density at radius 1 is 1.09 bits per heavy atom. The summed E-state index contributed by atoms with van der Waals surface area (Å²) in [7, 11) is 0. The number of hydrogen-bond acceptors (Lipinski definition) is 6. The zero-order valence-corrected chi connectivity index (χ0v) is 20.8. The van der Waals surface area contributed by atoms with E-state index in [1.54, 1.807) is 20.8 Å². The highest BCUT2D eigenvalue weighted by Gasteiger charge is 2.56. The Morgan fingerprint density at radius 3 is 2.57 bits per heavy atom. The van der Waals surface area contributed by atoms with Crippen LogP contribution in [-0.4, -0.2) is 65.7 Å². The van der Waals surface area contributed by atoms with Gasteiger partial charge in [0, 0.05) is 43.6 Å². The van der Waals surface area contributed by atoms with Gasteiger partial charge in [0.15, 0.2) is 0 Å². The molecule has 1 aromatic rings. The van der Waals surface area contributed by atoms with E-state index >= 15 is 0 Å². The van der Waals surface area contributed by atoms with Crippen molar-refractivity contribution >= 4 is 17.9 Å². The molecule has 9 heteroatoms. The second kappa shape index (κ2) is 9.43. The summed E-state index contributed by atoms with van der Waals surface area (Å²) in [4.78, 5) is 41.1. The van der Waals surface area contributed by atoms with Gasteiger partial charge < -0.3 is 20.3 Å². The summed E-state index contributed by atoms with van der Waals surface area (Å²) in [5, 5.41) is 6.59. The molecule has 0 spiro atoms. The van der Waals surface area contributed by atoms with E-state index in [1.165, 1.54) is 0 Å². The normalized spacial score (nSPS) is 32.7. The number of nitrogens with zero attached hydrogens (tertiary/aromatic N) is 1. The van der Waals surface area contributed by atoms with Crippen molar-refractivity contribution in [2.75, 3.05) is 13.1 Å². The van der Waals surface area contributed by atoms with Crippen LogP contribution in [0.2, 0.25) is 0 Å². The van der Waals surface area contributed by atoms with Gasteiger partial charge in [-0.2, -0.15) is 0 Å². The molecule has 3 aliphatic heterocycles. The van der Waals surface area contributed by atoms with Crippen LogP contribution < -0.4 is 21.5 Å². The second-order valence-corrected chi connectivity index (χ2v) is 11.4. The Kier molecular flexibility index (Phi) is 6.48. The number of hydrogen-bond donors (Lipinski definition) is 4. The van der Waals surface area contributed by atoms with Crippen LogP contribution in [-0.2, 0) is 20.7 Å². The van der Waals surface area contributed by atoms with E-state index in [1.807, 2.05) is 35.2 Å². The topological polar surface area (TPSA) is 112 Å². The maximum atomic E-state index is 13.8. The highest BCUT2D eigenvalue weighted by Crippen LogP contribution is 2.45. The van der Waals surface area contributed by atoms with E-state index in [2.05, 4.69) is 21.5 Å². The number of nitrogens with one attached hydrogen (secondary N) is 4. The van der Waals surface area contributed by atoms with Crippen molar-refractivity contribution in [3.8, 4) is 0 Å². The van der Waals surface area contributed by atoms with Crippen molar-refractivity contribution in [1.29, 1.82) is 0 Å². The molecule has 3 saturated heterocycles. The van der Waals surface area contributed by atoms with Crippen LogP contribution in [0.15, 0.2) is 30.3 Å². The first kappa shape index (κ1) is 24.1. The number of benzene rings is 1. The lowest BCUT2D eigenvalue weighted by atomic mass is 9.68. The fourth-order valence-electron chi connectivity index (χ4n) is 6.61. The van der Waals surface area contributed by atoms with E-state index in [0.29, 0.717) is 37.4 Å². The lowest BCUT2D eigenvalue weighted by Crippen LogP contribution is -2.64. The van der Waals surface area contributed by atoms with Gasteiger partial charge in [-0.3, -0.25) is 15.0 Å². The lowest BCUT2D eigenvalue weighted by molar-refractivity contribution is -0.136. The molecule has 9 nitrogen and oxygen atoms in total. The molecular formula is C26H37N5O4. The third-order valence-corrected chi connectivity index (χ3v) is 7.90. The van der Waals surface area contributed by atoms with E-state index in [4.69, 9.17) is 4.74 Å². The van der Waals surface area contributed by atoms with Gasteiger partial charge in [-0.15, -0.1) is 0 Å². The number of likely N-dealkylation sites (tertiary alicyclic amines) is 1. The minimum atomic E-state index is -0.749. The lowest BCUT2D eigenvalue weighted by Gasteiger charge is -2.43. The predicted molar refractivity (Wildman–Crippen MR) is 130 cm³/mol. The third kappa shape index (κ3) is 5.02. The summed E-state index contributed by atoms with van der Waals surface area (Å²) in [6, 6.07) is 9.33. The largest absolute Gasteiger partial charge is 0.444 e. The summed E-state index contributed by atoms with van der Waals surface area (Å²) >= 11 is 0. The minimum absolute atomic E-state index is 0.0238. The number of ether oxygens (including phenoxy) is 1. The van der Waals surface area contributed by atoms with E-state index in [9.17, 15) is 14.4 Å². The summed E-state index contributed by atoms with van der Waals surface area (Å²) in [6.07, 6.45) is 2.80. The molecule has 5 rings (SSSR count). The maximum absolute atomic E-state index is 13.8. The highest BCUT2D eigenvalue weighted by molar-refractivity contribution is 5.86. The molecule has 4 fully saturated rings. The summed E-state index contributed by atoms with van der Waals surface area (Å²) < 4.78 is 5.46. The molecule has 0 radical (unpaired) electrons. The molecule has 1 aromatic carbocycles. The number of alkyl carbamates (subject to hydrolysis) is 1. The quantitative estimate of drug-likeness (QED) is 0.514. The SMILES string of the molecule is CC(C)(C)OC(=O)N[C@@H](Cc1ccccc1)C(=O)N1CC2NNC(=O)C3CCCC4NC(C1)C2C43. The summed E-state index contributed by atoms with van der Waals surface area (Å²) in [6.45, 7) is 6.46. The maximum Gasteiger partial charge on any atom is 0.408 e. The number of rotatable bonds is 4. The van der Waals surface area contributed by atoms with Crippen LogP contribution in [0, 0.1) is 17.8 Å². The molecule has 35 heavy (non-hydrogen) atoms. The average Bonchev–Trinajstić information content (AvgIpc) is 3.12. The Balaban J connectivity index is 1.35. The Labute approximate surface area is 206 Å². The predicted octanol–water partition coefficient (Wildman–Crippen LogP) is 1.34. The number of amides is 3. The smallest absolute Gasteiger partial charge is 0.408 e.